The van der Waals surface area contributed by atoms with Crippen LogP contribution in [0, 0.1) is 0 Å². The molecule has 0 fully saturated rings. The van der Waals surface area contributed by atoms with Crippen molar-refractivity contribution in [2.75, 3.05) is 0 Å². The van der Waals surface area contributed by atoms with E-state index in [1.54, 1.807) is 18.3 Å². The van der Waals surface area contributed by atoms with Crippen molar-refractivity contribution < 1.29 is 9.90 Å². The number of carbonyl (C=O) groups excluding carboxylic acids is 1. The molecule has 5 nitrogen and oxygen atoms in total. The molecule has 0 atom stereocenters. The minimum absolute atomic E-state index is 0.123. The fourth-order valence-electron chi connectivity index (χ4n) is 2.48. The standard InChI is InChI=1S/C18H17N3O2/c1-2-21-12-14(16-5-3-4-6-17(16)21)11-19-20-18(23)13-7-9-15(22)10-8-13/h3-12,22H,2H2,1H3,(H,20,23)/b19-11-. The van der Waals surface area contributed by atoms with Crippen LogP contribution in [-0.2, 0) is 6.54 Å². The minimum atomic E-state index is -0.319. The molecule has 0 radical (unpaired) electrons. The molecule has 2 aromatic carbocycles. The molecule has 5 heteroatoms. The lowest BCUT2D eigenvalue weighted by Crippen LogP contribution is -2.17. The quantitative estimate of drug-likeness (QED) is 0.574. The van der Waals surface area contributed by atoms with Crippen molar-refractivity contribution in [1.29, 1.82) is 0 Å². The summed E-state index contributed by atoms with van der Waals surface area (Å²) in [5, 5.41) is 14.4. The Morgan fingerprint density at radius 1 is 1.22 bits per heavy atom. The number of aromatic nitrogens is 1. The van der Waals surface area contributed by atoms with E-state index >= 15 is 0 Å². The highest BCUT2D eigenvalue weighted by atomic mass is 16.3. The third kappa shape index (κ3) is 3.08. The number of nitrogens with zero attached hydrogens (tertiary/aromatic N) is 2. The Morgan fingerprint density at radius 3 is 2.70 bits per heavy atom. The van der Waals surface area contributed by atoms with Crippen LogP contribution in [-0.4, -0.2) is 21.8 Å². The van der Waals surface area contributed by atoms with E-state index in [2.05, 4.69) is 28.1 Å². The molecule has 0 spiro atoms. The van der Waals surface area contributed by atoms with Gasteiger partial charge in [-0.25, -0.2) is 5.43 Å². The number of para-hydroxylation sites is 1. The average Bonchev–Trinajstić information content (AvgIpc) is 2.94. The smallest absolute Gasteiger partial charge is 0.271 e. The summed E-state index contributed by atoms with van der Waals surface area (Å²) in [7, 11) is 0. The maximum atomic E-state index is 12.0. The number of hydrogen-bond acceptors (Lipinski definition) is 3. The SMILES string of the molecule is CCn1cc(/C=N\NC(=O)c2ccc(O)cc2)c2ccccc21. The zero-order chi connectivity index (χ0) is 16.2. The maximum Gasteiger partial charge on any atom is 0.271 e. The molecular weight excluding hydrogens is 290 g/mol. The first-order chi connectivity index (χ1) is 11.2. The van der Waals surface area contributed by atoms with E-state index in [1.807, 2.05) is 24.4 Å². The lowest BCUT2D eigenvalue weighted by Gasteiger charge is -1.99. The monoisotopic (exact) mass is 307 g/mol. The maximum absolute atomic E-state index is 12.0. The van der Waals surface area contributed by atoms with Crippen molar-refractivity contribution in [3.63, 3.8) is 0 Å². The lowest BCUT2D eigenvalue weighted by atomic mass is 10.2. The van der Waals surface area contributed by atoms with Crippen LogP contribution in [0.4, 0.5) is 0 Å². The normalized spacial score (nSPS) is 11.2. The largest absolute Gasteiger partial charge is 0.508 e. The summed E-state index contributed by atoms with van der Waals surface area (Å²) in [5.41, 5.74) is 5.03. The molecular formula is C18H17N3O2. The summed E-state index contributed by atoms with van der Waals surface area (Å²) in [6.07, 6.45) is 3.66. The number of rotatable bonds is 4. The highest BCUT2D eigenvalue weighted by Gasteiger charge is 2.06. The average molecular weight is 307 g/mol. The molecule has 2 N–H and O–H groups in total. The zero-order valence-electron chi connectivity index (χ0n) is 12.7. The van der Waals surface area contributed by atoms with Crippen LogP contribution in [0.2, 0.25) is 0 Å². The van der Waals surface area contributed by atoms with Gasteiger partial charge in [0.15, 0.2) is 0 Å². The Bertz CT molecular complexity index is 864. The molecule has 0 saturated heterocycles. The number of aromatic hydroxyl groups is 1. The number of amides is 1. The molecule has 3 aromatic rings. The van der Waals surface area contributed by atoms with Crippen LogP contribution >= 0.6 is 0 Å². The topological polar surface area (TPSA) is 66.6 Å². The van der Waals surface area contributed by atoms with Gasteiger partial charge >= 0.3 is 0 Å². The van der Waals surface area contributed by atoms with Crippen molar-refractivity contribution in [2.24, 2.45) is 5.10 Å². The van der Waals surface area contributed by atoms with Gasteiger partial charge in [-0.3, -0.25) is 4.79 Å². The van der Waals surface area contributed by atoms with E-state index in [4.69, 9.17) is 0 Å². The highest BCUT2D eigenvalue weighted by Crippen LogP contribution is 2.19. The van der Waals surface area contributed by atoms with E-state index < -0.39 is 0 Å². The molecule has 1 amide bonds. The molecule has 0 aliphatic carbocycles. The predicted molar refractivity (Wildman–Crippen MR) is 90.8 cm³/mol. The molecule has 0 aliphatic rings. The summed E-state index contributed by atoms with van der Waals surface area (Å²) in [6.45, 7) is 2.95. The number of phenols is 1. The Balaban J connectivity index is 1.78. The molecule has 116 valence electrons. The number of hydrazone groups is 1. The number of phenolic OH excluding ortho intramolecular Hbond substituents is 1. The molecule has 1 heterocycles. The van der Waals surface area contributed by atoms with Crippen molar-refractivity contribution in [3.05, 3.63) is 65.9 Å². The molecule has 3 rings (SSSR count). The van der Waals surface area contributed by atoms with Gasteiger partial charge in [-0.15, -0.1) is 0 Å². The Hall–Kier alpha value is -3.08. The van der Waals surface area contributed by atoms with Gasteiger partial charge in [-0.2, -0.15) is 5.10 Å². The molecule has 0 saturated carbocycles. The second-order valence-electron chi connectivity index (χ2n) is 5.13. The van der Waals surface area contributed by atoms with Gasteiger partial charge in [-0.1, -0.05) is 18.2 Å². The second kappa shape index (κ2) is 6.36. The summed E-state index contributed by atoms with van der Waals surface area (Å²) in [5.74, 6) is -0.196. The number of carbonyl (C=O) groups is 1. The Labute approximate surface area is 133 Å². The third-order valence-electron chi connectivity index (χ3n) is 3.66. The minimum Gasteiger partial charge on any atom is -0.508 e. The molecule has 1 aromatic heterocycles. The van der Waals surface area contributed by atoms with Crippen LogP contribution in [0.3, 0.4) is 0 Å². The first-order valence-electron chi connectivity index (χ1n) is 7.39. The van der Waals surface area contributed by atoms with Crippen molar-refractivity contribution in [3.8, 4) is 5.75 Å². The van der Waals surface area contributed by atoms with Gasteiger partial charge in [0.1, 0.15) is 5.75 Å². The van der Waals surface area contributed by atoms with Crippen LogP contribution in [0.25, 0.3) is 10.9 Å². The Kier molecular flexibility index (Phi) is 4.10. The first-order valence-corrected chi connectivity index (χ1v) is 7.39. The van der Waals surface area contributed by atoms with E-state index in [0.717, 1.165) is 23.0 Å². The molecule has 0 bridgehead atoms. The fraction of sp³-hybridized carbons (Fsp3) is 0.111. The van der Waals surface area contributed by atoms with Crippen molar-refractivity contribution >= 4 is 23.0 Å². The van der Waals surface area contributed by atoms with E-state index in [0.29, 0.717) is 5.56 Å². The number of nitrogens with one attached hydrogen (secondary N) is 1. The third-order valence-corrected chi connectivity index (χ3v) is 3.66. The van der Waals surface area contributed by atoms with Crippen LogP contribution < -0.4 is 5.43 Å². The van der Waals surface area contributed by atoms with E-state index in [1.165, 1.54) is 12.1 Å². The van der Waals surface area contributed by atoms with Gasteiger partial charge in [0.25, 0.3) is 5.91 Å². The summed E-state index contributed by atoms with van der Waals surface area (Å²) < 4.78 is 2.14. The molecule has 23 heavy (non-hydrogen) atoms. The number of benzene rings is 2. The van der Waals surface area contributed by atoms with E-state index in [-0.39, 0.29) is 11.7 Å². The van der Waals surface area contributed by atoms with Crippen LogP contribution in [0.15, 0.2) is 59.8 Å². The summed E-state index contributed by atoms with van der Waals surface area (Å²) in [6, 6.07) is 14.1. The van der Waals surface area contributed by atoms with Crippen LogP contribution in [0.1, 0.15) is 22.8 Å². The van der Waals surface area contributed by atoms with Crippen molar-refractivity contribution in [2.45, 2.75) is 13.5 Å². The molecule has 0 aliphatic heterocycles. The summed E-state index contributed by atoms with van der Waals surface area (Å²) in [4.78, 5) is 12.0. The van der Waals surface area contributed by atoms with Gasteiger partial charge in [0, 0.05) is 34.8 Å². The number of aryl methyl sites for hydroxylation is 1. The van der Waals surface area contributed by atoms with Gasteiger partial charge in [-0.05, 0) is 37.3 Å². The Morgan fingerprint density at radius 2 is 1.96 bits per heavy atom. The number of fused-ring (bicyclic) bond motifs is 1. The summed E-state index contributed by atoms with van der Waals surface area (Å²) >= 11 is 0. The van der Waals surface area contributed by atoms with Crippen molar-refractivity contribution in [1.82, 2.24) is 9.99 Å². The zero-order valence-corrected chi connectivity index (χ0v) is 12.7. The molecule has 0 unspecified atom stereocenters. The highest BCUT2D eigenvalue weighted by molar-refractivity contribution is 6.00. The van der Waals surface area contributed by atoms with Gasteiger partial charge in [0.05, 0.1) is 6.21 Å². The number of hydrogen-bond donors (Lipinski definition) is 2. The predicted octanol–water partition coefficient (Wildman–Crippen LogP) is 3.13. The lowest BCUT2D eigenvalue weighted by molar-refractivity contribution is 0.0955. The first kappa shape index (κ1) is 14.8. The van der Waals surface area contributed by atoms with E-state index in [9.17, 15) is 9.90 Å². The second-order valence-corrected chi connectivity index (χ2v) is 5.13. The van der Waals surface area contributed by atoms with Gasteiger partial charge < -0.3 is 9.67 Å². The van der Waals surface area contributed by atoms with Crippen LogP contribution in [0.5, 0.6) is 5.75 Å². The fourth-order valence-corrected chi connectivity index (χ4v) is 2.48. The van der Waals surface area contributed by atoms with Gasteiger partial charge in [0.2, 0.25) is 0 Å².